The van der Waals surface area contributed by atoms with Gasteiger partial charge < -0.3 is 10.2 Å². The number of piperazine rings is 1. The van der Waals surface area contributed by atoms with Gasteiger partial charge in [-0.15, -0.1) is 11.3 Å². The van der Waals surface area contributed by atoms with Gasteiger partial charge in [0.1, 0.15) is 6.04 Å². The van der Waals surface area contributed by atoms with Crippen LogP contribution in [0.1, 0.15) is 37.0 Å². The molecule has 1 saturated carbocycles. The van der Waals surface area contributed by atoms with Gasteiger partial charge in [0.15, 0.2) is 0 Å². The molecule has 1 aromatic rings. The van der Waals surface area contributed by atoms with Crippen molar-refractivity contribution in [3.05, 3.63) is 16.6 Å². The Bertz CT molecular complexity index is 483. The minimum Gasteiger partial charge on any atom is -0.345 e. The molecule has 2 amide bonds. The van der Waals surface area contributed by atoms with E-state index < -0.39 is 0 Å². The number of rotatable bonds is 3. The Morgan fingerprint density at radius 1 is 1.30 bits per heavy atom. The third-order valence-corrected chi connectivity index (χ3v) is 5.01. The topological polar surface area (TPSA) is 62.3 Å². The van der Waals surface area contributed by atoms with Crippen molar-refractivity contribution in [1.29, 1.82) is 0 Å². The predicted octanol–water partition coefficient (Wildman–Crippen LogP) is 1.55. The summed E-state index contributed by atoms with van der Waals surface area (Å²) in [5.41, 5.74) is 1.76. The molecule has 20 heavy (non-hydrogen) atoms. The lowest BCUT2D eigenvalue weighted by Gasteiger charge is -2.40. The van der Waals surface area contributed by atoms with Crippen molar-refractivity contribution in [1.82, 2.24) is 15.2 Å². The van der Waals surface area contributed by atoms with Crippen LogP contribution in [0.25, 0.3) is 0 Å². The van der Waals surface area contributed by atoms with Gasteiger partial charge in [-0.25, -0.2) is 0 Å². The van der Waals surface area contributed by atoms with E-state index in [1.807, 2.05) is 0 Å². The number of hydrogen-bond donors (Lipinski definition) is 1. The highest BCUT2D eigenvalue weighted by atomic mass is 32.1. The highest BCUT2D eigenvalue weighted by Gasteiger charge is 2.40. The Kier molecular flexibility index (Phi) is 4.00. The Labute approximate surface area is 122 Å². The number of thiazole rings is 1. The molecule has 2 fully saturated rings. The first kappa shape index (κ1) is 13.5. The van der Waals surface area contributed by atoms with Crippen LogP contribution in [-0.4, -0.2) is 34.3 Å². The number of amides is 2. The lowest BCUT2D eigenvalue weighted by Crippen LogP contribution is -2.60. The maximum atomic E-state index is 12.3. The van der Waals surface area contributed by atoms with Crippen LogP contribution in [0.3, 0.4) is 0 Å². The third kappa shape index (κ3) is 2.70. The van der Waals surface area contributed by atoms with Crippen molar-refractivity contribution < 1.29 is 9.59 Å². The average molecular weight is 293 g/mol. The monoisotopic (exact) mass is 293 g/mol. The normalized spacial score (nSPS) is 24.8. The maximum absolute atomic E-state index is 12.3. The van der Waals surface area contributed by atoms with Gasteiger partial charge in [-0.3, -0.25) is 14.6 Å². The number of carbonyl (C=O) groups excluding carboxylic acids is 2. The molecule has 2 aliphatic rings. The molecule has 0 aromatic carbocycles. The van der Waals surface area contributed by atoms with Gasteiger partial charge in [-0.1, -0.05) is 19.3 Å². The van der Waals surface area contributed by atoms with E-state index in [2.05, 4.69) is 10.3 Å². The molecule has 5 nitrogen and oxygen atoms in total. The van der Waals surface area contributed by atoms with Crippen molar-refractivity contribution in [2.75, 3.05) is 6.54 Å². The molecule has 1 aliphatic heterocycles. The van der Waals surface area contributed by atoms with Crippen molar-refractivity contribution >= 4 is 23.2 Å². The Morgan fingerprint density at radius 3 is 2.80 bits per heavy atom. The molecule has 1 N–H and O–H groups in total. The molecule has 2 heterocycles. The van der Waals surface area contributed by atoms with Crippen LogP contribution in [0.15, 0.2) is 11.7 Å². The van der Waals surface area contributed by atoms with Crippen LogP contribution in [0, 0.1) is 5.92 Å². The first-order valence-electron chi connectivity index (χ1n) is 7.20. The fraction of sp³-hybridized carbons (Fsp3) is 0.643. The molecule has 3 rings (SSSR count). The summed E-state index contributed by atoms with van der Waals surface area (Å²) >= 11 is 1.53. The van der Waals surface area contributed by atoms with Crippen LogP contribution in [0.5, 0.6) is 0 Å². The number of nitrogens with one attached hydrogen (secondary N) is 1. The molecule has 108 valence electrons. The first-order chi connectivity index (χ1) is 9.75. The molecule has 6 heteroatoms. The van der Waals surface area contributed by atoms with E-state index in [1.165, 1.54) is 17.8 Å². The summed E-state index contributed by atoms with van der Waals surface area (Å²) in [4.78, 5) is 31.3. The number of hydrogen-bond acceptors (Lipinski definition) is 4. The average Bonchev–Trinajstić information content (AvgIpc) is 2.97. The Balaban J connectivity index is 1.80. The van der Waals surface area contributed by atoms with Crippen LogP contribution in [0.4, 0.5) is 0 Å². The molecular formula is C14H19N3O2S. The number of aromatic nitrogens is 1. The molecule has 0 bridgehead atoms. The zero-order chi connectivity index (χ0) is 13.9. The quantitative estimate of drug-likeness (QED) is 0.919. The zero-order valence-electron chi connectivity index (χ0n) is 11.4. The number of carbonyl (C=O) groups is 2. The zero-order valence-corrected chi connectivity index (χ0v) is 12.2. The summed E-state index contributed by atoms with van der Waals surface area (Å²) in [5.74, 6) is 0.343. The molecule has 0 spiro atoms. The van der Waals surface area contributed by atoms with Crippen molar-refractivity contribution in [3.63, 3.8) is 0 Å². The Morgan fingerprint density at radius 2 is 2.10 bits per heavy atom. The molecule has 1 aliphatic carbocycles. The van der Waals surface area contributed by atoms with E-state index >= 15 is 0 Å². The van der Waals surface area contributed by atoms with E-state index in [4.69, 9.17) is 0 Å². The summed E-state index contributed by atoms with van der Waals surface area (Å²) in [6.07, 6.45) is 7.44. The molecule has 0 radical (unpaired) electrons. The van der Waals surface area contributed by atoms with E-state index in [-0.39, 0.29) is 24.4 Å². The summed E-state index contributed by atoms with van der Waals surface area (Å²) in [6, 6.07) is -0.293. The first-order valence-corrected chi connectivity index (χ1v) is 8.08. The van der Waals surface area contributed by atoms with E-state index in [0.29, 0.717) is 12.5 Å². The van der Waals surface area contributed by atoms with Gasteiger partial charge in [-0.05, 0) is 18.8 Å². The maximum Gasteiger partial charge on any atom is 0.243 e. The predicted molar refractivity (Wildman–Crippen MR) is 76.0 cm³/mol. The molecule has 1 aromatic heterocycles. The summed E-state index contributed by atoms with van der Waals surface area (Å²) < 4.78 is 0. The summed E-state index contributed by atoms with van der Waals surface area (Å²) in [5, 5.41) is 2.75. The van der Waals surface area contributed by atoms with Crippen LogP contribution < -0.4 is 5.32 Å². The van der Waals surface area contributed by atoms with E-state index in [1.54, 1.807) is 16.6 Å². The van der Waals surface area contributed by atoms with Gasteiger partial charge in [0, 0.05) is 11.1 Å². The van der Waals surface area contributed by atoms with Gasteiger partial charge in [0.2, 0.25) is 11.8 Å². The number of nitrogens with zero attached hydrogens (tertiary/aromatic N) is 2. The minimum absolute atomic E-state index is 0.0148. The van der Waals surface area contributed by atoms with Crippen molar-refractivity contribution in [2.24, 2.45) is 5.92 Å². The third-order valence-electron chi connectivity index (χ3n) is 4.24. The largest absolute Gasteiger partial charge is 0.345 e. The summed E-state index contributed by atoms with van der Waals surface area (Å²) in [7, 11) is 0. The van der Waals surface area contributed by atoms with E-state index in [9.17, 15) is 9.59 Å². The lowest BCUT2D eigenvalue weighted by molar-refractivity contribution is -0.149. The molecular weight excluding hydrogens is 274 g/mol. The molecule has 1 saturated heterocycles. The van der Waals surface area contributed by atoms with Gasteiger partial charge in [0.05, 0.1) is 18.6 Å². The van der Waals surface area contributed by atoms with Gasteiger partial charge in [0.25, 0.3) is 0 Å². The van der Waals surface area contributed by atoms with E-state index in [0.717, 1.165) is 30.6 Å². The Hall–Kier alpha value is -1.43. The highest BCUT2D eigenvalue weighted by molar-refractivity contribution is 7.09. The smallest absolute Gasteiger partial charge is 0.243 e. The molecule has 1 atom stereocenters. The molecule has 1 unspecified atom stereocenters. The van der Waals surface area contributed by atoms with Crippen LogP contribution >= 0.6 is 11.3 Å². The second kappa shape index (κ2) is 5.91. The van der Waals surface area contributed by atoms with Crippen molar-refractivity contribution in [2.45, 2.75) is 44.7 Å². The van der Waals surface area contributed by atoms with Crippen LogP contribution in [0.2, 0.25) is 0 Å². The van der Waals surface area contributed by atoms with Gasteiger partial charge >= 0.3 is 0 Å². The highest BCUT2D eigenvalue weighted by Crippen LogP contribution is 2.31. The minimum atomic E-state index is -0.293. The van der Waals surface area contributed by atoms with Gasteiger partial charge in [-0.2, -0.15) is 0 Å². The van der Waals surface area contributed by atoms with Crippen molar-refractivity contribution in [3.8, 4) is 0 Å². The summed E-state index contributed by atoms with van der Waals surface area (Å²) in [6.45, 7) is 0.638. The van der Waals surface area contributed by atoms with Crippen LogP contribution in [-0.2, 0) is 16.1 Å². The standard InChI is InChI=1S/C14H19N3O2S/c18-12-7-16-14(19)13(10-4-2-1-3-5-10)17(12)8-11-6-15-9-20-11/h6,9-10,13H,1-5,7-8H2,(H,16,19). The fourth-order valence-electron chi connectivity index (χ4n) is 3.26. The second-order valence-corrected chi connectivity index (χ2v) is 6.52. The fourth-order valence-corrected chi connectivity index (χ4v) is 3.85. The lowest BCUT2D eigenvalue weighted by atomic mass is 9.82. The second-order valence-electron chi connectivity index (χ2n) is 5.55. The SMILES string of the molecule is O=C1NCC(=O)N(Cc2cncs2)C1C1CCCCC1.